The molecule has 3 nitrogen and oxygen atoms in total. The first-order valence-electron chi connectivity index (χ1n) is 4.83. The highest BCUT2D eigenvalue weighted by Crippen LogP contribution is 2.19. The average molecular weight is 199 g/mol. The Morgan fingerprint density at radius 1 is 1.00 bits per heavy atom. The van der Waals surface area contributed by atoms with E-state index in [4.69, 9.17) is 5.84 Å². The molecule has 0 spiro atoms. The minimum atomic E-state index is -0.0000926. The van der Waals surface area contributed by atoms with Gasteiger partial charge in [-0.05, 0) is 17.2 Å². The van der Waals surface area contributed by atoms with Crippen LogP contribution in [0.5, 0.6) is 0 Å². The first-order valence-corrected chi connectivity index (χ1v) is 4.83. The van der Waals surface area contributed by atoms with Gasteiger partial charge in [-0.3, -0.25) is 10.8 Å². The van der Waals surface area contributed by atoms with E-state index in [0.717, 1.165) is 11.1 Å². The minimum absolute atomic E-state index is 0.0000926. The average Bonchev–Trinajstić information content (AvgIpc) is 2.33. The molecule has 1 heterocycles. The first kappa shape index (κ1) is 9.83. The minimum Gasteiger partial charge on any atom is -0.271 e. The summed E-state index contributed by atoms with van der Waals surface area (Å²) in [6, 6.07) is 14.0. The molecule has 15 heavy (non-hydrogen) atoms. The van der Waals surface area contributed by atoms with Crippen LogP contribution < -0.4 is 11.3 Å². The molecule has 0 aliphatic carbocycles. The number of benzene rings is 1. The Hall–Kier alpha value is -1.71. The predicted octanol–water partition coefficient (Wildman–Crippen LogP) is 1.63. The van der Waals surface area contributed by atoms with E-state index < -0.39 is 0 Å². The second-order valence-electron chi connectivity index (χ2n) is 3.30. The lowest BCUT2D eigenvalue weighted by atomic mass is 10.0. The topological polar surface area (TPSA) is 50.9 Å². The van der Waals surface area contributed by atoms with Gasteiger partial charge in [-0.15, -0.1) is 0 Å². The molecule has 2 aromatic rings. The summed E-state index contributed by atoms with van der Waals surface area (Å²) >= 11 is 0. The molecule has 0 bridgehead atoms. The standard InChI is InChI=1S/C12H13N3/c13-15-12(10-5-2-1-3-6-10)11-7-4-8-14-9-11/h1-9,12,15H,13H2/t12-/m1/s1. The van der Waals surface area contributed by atoms with Crippen LogP contribution in [0.4, 0.5) is 0 Å². The molecular formula is C12H13N3. The molecule has 0 amide bonds. The van der Waals surface area contributed by atoms with E-state index in [9.17, 15) is 0 Å². The highest BCUT2D eigenvalue weighted by atomic mass is 15.2. The van der Waals surface area contributed by atoms with E-state index in [1.54, 1.807) is 6.20 Å². The molecule has 1 aromatic carbocycles. The summed E-state index contributed by atoms with van der Waals surface area (Å²) in [4.78, 5) is 4.08. The van der Waals surface area contributed by atoms with Gasteiger partial charge in [0.15, 0.2) is 0 Å². The summed E-state index contributed by atoms with van der Waals surface area (Å²) in [7, 11) is 0. The van der Waals surface area contributed by atoms with E-state index in [-0.39, 0.29) is 6.04 Å². The number of hydrazine groups is 1. The number of hydrogen-bond donors (Lipinski definition) is 2. The lowest BCUT2D eigenvalue weighted by Gasteiger charge is -2.15. The Labute approximate surface area is 88.9 Å². The SMILES string of the molecule is NN[C@H](c1ccccc1)c1cccnc1. The summed E-state index contributed by atoms with van der Waals surface area (Å²) in [5.74, 6) is 5.56. The number of nitrogens with two attached hydrogens (primary N) is 1. The molecule has 0 aliphatic rings. The fourth-order valence-corrected chi connectivity index (χ4v) is 1.58. The molecule has 1 aromatic heterocycles. The molecule has 0 fully saturated rings. The van der Waals surface area contributed by atoms with Crippen LogP contribution in [0.15, 0.2) is 54.9 Å². The number of aromatic nitrogens is 1. The van der Waals surface area contributed by atoms with Crippen molar-refractivity contribution in [3.05, 3.63) is 66.0 Å². The number of nitrogens with one attached hydrogen (secondary N) is 1. The van der Waals surface area contributed by atoms with E-state index in [1.165, 1.54) is 0 Å². The van der Waals surface area contributed by atoms with Gasteiger partial charge in [0.1, 0.15) is 0 Å². The molecule has 76 valence electrons. The maximum absolute atomic E-state index is 5.56. The maximum atomic E-state index is 5.56. The molecule has 0 saturated carbocycles. The van der Waals surface area contributed by atoms with E-state index >= 15 is 0 Å². The van der Waals surface area contributed by atoms with Gasteiger partial charge < -0.3 is 0 Å². The van der Waals surface area contributed by atoms with Crippen molar-refractivity contribution in [3.63, 3.8) is 0 Å². The van der Waals surface area contributed by atoms with Crippen LogP contribution in [0, 0.1) is 0 Å². The largest absolute Gasteiger partial charge is 0.271 e. The Bertz CT molecular complexity index is 360. The molecule has 1 atom stereocenters. The van der Waals surface area contributed by atoms with E-state index in [2.05, 4.69) is 10.4 Å². The van der Waals surface area contributed by atoms with Crippen molar-refractivity contribution in [2.24, 2.45) is 5.84 Å². The summed E-state index contributed by atoms with van der Waals surface area (Å²) < 4.78 is 0. The van der Waals surface area contributed by atoms with Crippen molar-refractivity contribution < 1.29 is 0 Å². The Morgan fingerprint density at radius 3 is 2.33 bits per heavy atom. The Morgan fingerprint density at radius 2 is 1.73 bits per heavy atom. The van der Waals surface area contributed by atoms with Gasteiger partial charge in [-0.1, -0.05) is 36.4 Å². The van der Waals surface area contributed by atoms with Gasteiger partial charge in [0, 0.05) is 12.4 Å². The van der Waals surface area contributed by atoms with Gasteiger partial charge in [-0.25, -0.2) is 5.43 Å². The van der Waals surface area contributed by atoms with Gasteiger partial charge in [0.25, 0.3) is 0 Å². The quantitative estimate of drug-likeness (QED) is 0.583. The number of nitrogens with zero attached hydrogens (tertiary/aromatic N) is 1. The summed E-state index contributed by atoms with van der Waals surface area (Å²) in [6.07, 6.45) is 3.57. The van der Waals surface area contributed by atoms with Gasteiger partial charge in [0.05, 0.1) is 6.04 Å². The van der Waals surface area contributed by atoms with Crippen LogP contribution in [0.25, 0.3) is 0 Å². The number of rotatable bonds is 3. The monoisotopic (exact) mass is 199 g/mol. The molecular weight excluding hydrogens is 186 g/mol. The fraction of sp³-hybridized carbons (Fsp3) is 0.0833. The molecule has 0 aliphatic heterocycles. The summed E-state index contributed by atoms with van der Waals surface area (Å²) in [5, 5.41) is 0. The molecule has 3 heteroatoms. The van der Waals surface area contributed by atoms with Crippen LogP contribution in [0.3, 0.4) is 0 Å². The van der Waals surface area contributed by atoms with E-state index in [0.29, 0.717) is 0 Å². The van der Waals surface area contributed by atoms with Crippen molar-refractivity contribution in [1.82, 2.24) is 10.4 Å². The van der Waals surface area contributed by atoms with Crippen LogP contribution in [-0.2, 0) is 0 Å². The zero-order chi connectivity index (χ0) is 10.5. The van der Waals surface area contributed by atoms with Crippen molar-refractivity contribution in [1.29, 1.82) is 0 Å². The normalized spacial score (nSPS) is 12.3. The van der Waals surface area contributed by atoms with Gasteiger partial charge in [-0.2, -0.15) is 0 Å². The second-order valence-corrected chi connectivity index (χ2v) is 3.30. The fourth-order valence-electron chi connectivity index (χ4n) is 1.58. The third-order valence-corrected chi connectivity index (χ3v) is 2.32. The molecule has 3 N–H and O–H groups in total. The van der Waals surface area contributed by atoms with Crippen molar-refractivity contribution in [2.45, 2.75) is 6.04 Å². The van der Waals surface area contributed by atoms with Gasteiger partial charge >= 0.3 is 0 Å². The number of pyridine rings is 1. The third kappa shape index (κ3) is 2.21. The van der Waals surface area contributed by atoms with Crippen molar-refractivity contribution in [3.8, 4) is 0 Å². The molecule has 0 unspecified atom stereocenters. The number of hydrogen-bond acceptors (Lipinski definition) is 3. The molecule has 0 radical (unpaired) electrons. The lowest BCUT2D eigenvalue weighted by Crippen LogP contribution is -2.28. The lowest BCUT2D eigenvalue weighted by molar-refractivity contribution is 0.635. The highest BCUT2D eigenvalue weighted by molar-refractivity contribution is 5.29. The summed E-state index contributed by atoms with van der Waals surface area (Å²) in [6.45, 7) is 0. The smallest absolute Gasteiger partial charge is 0.0725 e. The van der Waals surface area contributed by atoms with Crippen LogP contribution >= 0.6 is 0 Å². The zero-order valence-electron chi connectivity index (χ0n) is 8.30. The van der Waals surface area contributed by atoms with Gasteiger partial charge in [0.2, 0.25) is 0 Å². The maximum Gasteiger partial charge on any atom is 0.0725 e. The predicted molar refractivity (Wildman–Crippen MR) is 59.8 cm³/mol. The molecule has 0 saturated heterocycles. The van der Waals surface area contributed by atoms with E-state index in [1.807, 2.05) is 48.7 Å². The Balaban J connectivity index is 2.34. The van der Waals surface area contributed by atoms with Crippen LogP contribution in [0.2, 0.25) is 0 Å². The third-order valence-electron chi connectivity index (χ3n) is 2.32. The second kappa shape index (κ2) is 4.68. The van der Waals surface area contributed by atoms with Crippen LogP contribution in [0.1, 0.15) is 17.2 Å². The zero-order valence-corrected chi connectivity index (χ0v) is 8.30. The van der Waals surface area contributed by atoms with Crippen molar-refractivity contribution >= 4 is 0 Å². The summed E-state index contributed by atoms with van der Waals surface area (Å²) in [5.41, 5.74) is 4.99. The Kier molecular flexibility index (Phi) is 3.07. The molecule has 2 rings (SSSR count). The highest BCUT2D eigenvalue weighted by Gasteiger charge is 2.10. The first-order chi connectivity index (χ1) is 7.42. The van der Waals surface area contributed by atoms with Crippen LogP contribution in [-0.4, -0.2) is 4.98 Å². The van der Waals surface area contributed by atoms with Crippen molar-refractivity contribution in [2.75, 3.05) is 0 Å².